The number of anilines is 1. The fourth-order valence-electron chi connectivity index (χ4n) is 2.17. The first-order chi connectivity index (χ1) is 7.95. The van der Waals surface area contributed by atoms with Crippen molar-refractivity contribution < 1.29 is 0 Å². The molecule has 1 aromatic heterocycles. The SMILES string of the molecule is CC(C)(C)c1ccc(NC2(CN)CCC2)nc1. The molecule has 1 aliphatic carbocycles. The summed E-state index contributed by atoms with van der Waals surface area (Å²) >= 11 is 0. The van der Waals surface area contributed by atoms with Crippen LogP contribution in [0.1, 0.15) is 45.6 Å². The van der Waals surface area contributed by atoms with Crippen molar-refractivity contribution in [2.45, 2.75) is 51.0 Å². The van der Waals surface area contributed by atoms with Gasteiger partial charge in [0, 0.05) is 12.7 Å². The lowest BCUT2D eigenvalue weighted by Crippen LogP contribution is -2.51. The zero-order chi connectivity index (χ0) is 12.5. The summed E-state index contributed by atoms with van der Waals surface area (Å²) in [6.45, 7) is 7.29. The Kier molecular flexibility index (Phi) is 3.13. The predicted molar refractivity (Wildman–Crippen MR) is 72.2 cm³/mol. The first-order valence-corrected chi connectivity index (χ1v) is 6.40. The minimum Gasteiger partial charge on any atom is -0.363 e. The van der Waals surface area contributed by atoms with Crippen LogP contribution in [0.5, 0.6) is 0 Å². The Hall–Kier alpha value is -1.09. The van der Waals surface area contributed by atoms with Crippen LogP contribution >= 0.6 is 0 Å². The molecule has 0 unspecified atom stereocenters. The molecule has 17 heavy (non-hydrogen) atoms. The molecule has 2 rings (SSSR count). The predicted octanol–water partition coefficient (Wildman–Crippen LogP) is 2.67. The fourth-order valence-corrected chi connectivity index (χ4v) is 2.17. The zero-order valence-electron chi connectivity index (χ0n) is 11.1. The maximum absolute atomic E-state index is 5.83. The molecule has 1 heterocycles. The highest BCUT2D eigenvalue weighted by molar-refractivity contribution is 5.41. The number of hydrogen-bond acceptors (Lipinski definition) is 3. The second-order valence-corrected chi connectivity index (χ2v) is 6.15. The van der Waals surface area contributed by atoms with Crippen LogP contribution in [0.3, 0.4) is 0 Å². The Bertz CT molecular complexity index is 366. The molecule has 1 aromatic rings. The third-order valence-electron chi connectivity index (χ3n) is 3.72. The molecule has 0 aromatic carbocycles. The molecule has 0 bridgehead atoms. The van der Waals surface area contributed by atoms with Gasteiger partial charge in [0.2, 0.25) is 0 Å². The molecule has 1 fully saturated rings. The fraction of sp³-hybridized carbons (Fsp3) is 0.643. The van der Waals surface area contributed by atoms with Gasteiger partial charge in [0.1, 0.15) is 5.82 Å². The second kappa shape index (κ2) is 4.30. The van der Waals surface area contributed by atoms with Crippen LogP contribution in [0.4, 0.5) is 5.82 Å². The summed E-state index contributed by atoms with van der Waals surface area (Å²) in [6, 6.07) is 4.22. The third-order valence-corrected chi connectivity index (χ3v) is 3.72. The summed E-state index contributed by atoms with van der Waals surface area (Å²) in [7, 11) is 0. The first kappa shape index (κ1) is 12.4. The molecule has 1 saturated carbocycles. The van der Waals surface area contributed by atoms with Gasteiger partial charge in [-0.1, -0.05) is 26.8 Å². The molecule has 0 aliphatic heterocycles. The van der Waals surface area contributed by atoms with E-state index in [2.05, 4.69) is 43.2 Å². The lowest BCUT2D eigenvalue weighted by Gasteiger charge is -2.42. The van der Waals surface area contributed by atoms with Gasteiger partial charge in [0.05, 0.1) is 5.54 Å². The van der Waals surface area contributed by atoms with Crippen molar-refractivity contribution in [2.24, 2.45) is 5.73 Å². The van der Waals surface area contributed by atoms with E-state index in [0.717, 1.165) is 18.7 Å². The van der Waals surface area contributed by atoms with Crippen molar-refractivity contribution >= 4 is 5.82 Å². The number of pyridine rings is 1. The maximum Gasteiger partial charge on any atom is 0.126 e. The van der Waals surface area contributed by atoms with E-state index in [4.69, 9.17) is 5.73 Å². The molecule has 0 atom stereocenters. The lowest BCUT2D eigenvalue weighted by molar-refractivity contribution is 0.286. The van der Waals surface area contributed by atoms with Crippen molar-refractivity contribution in [2.75, 3.05) is 11.9 Å². The average Bonchev–Trinajstić information content (AvgIpc) is 2.23. The van der Waals surface area contributed by atoms with Crippen molar-refractivity contribution in [3.63, 3.8) is 0 Å². The van der Waals surface area contributed by atoms with Crippen LogP contribution < -0.4 is 11.1 Å². The van der Waals surface area contributed by atoms with Gasteiger partial charge in [-0.25, -0.2) is 4.98 Å². The molecule has 0 amide bonds. The molecule has 1 aliphatic rings. The minimum atomic E-state index is 0.107. The highest BCUT2D eigenvalue weighted by atomic mass is 15.1. The van der Waals surface area contributed by atoms with Gasteiger partial charge >= 0.3 is 0 Å². The lowest BCUT2D eigenvalue weighted by atomic mass is 9.77. The van der Waals surface area contributed by atoms with Crippen molar-refractivity contribution in [1.29, 1.82) is 0 Å². The van der Waals surface area contributed by atoms with Gasteiger partial charge in [-0.2, -0.15) is 0 Å². The van der Waals surface area contributed by atoms with Crippen LogP contribution in [0.2, 0.25) is 0 Å². The van der Waals surface area contributed by atoms with Crippen LogP contribution in [0.15, 0.2) is 18.3 Å². The van der Waals surface area contributed by atoms with Crippen LogP contribution in [-0.2, 0) is 5.41 Å². The third kappa shape index (κ3) is 2.60. The van der Waals surface area contributed by atoms with Crippen LogP contribution in [0.25, 0.3) is 0 Å². The van der Waals surface area contributed by atoms with E-state index in [1.54, 1.807) is 0 Å². The van der Waals surface area contributed by atoms with E-state index in [9.17, 15) is 0 Å². The van der Waals surface area contributed by atoms with Gasteiger partial charge in [-0.3, -0.25) is 0 Å². The maximum atomic E-state index is 5.83. The van der Waals surface area contributed by atoms with Gasteiger partial charge in [-0.05, 0) is 36.3 Å². The van der Waals surface area contributed by atoms with Crippen molar-refractivity contribution in [3.05, 3.63) is 23.9 Å². The van der Waals surface area contributed by atoms with Gasteiger partial charge in [-0.15, -0.1) is 0 Å². The Labute approximate surface area is 104 Å². The number of nitrogens with one attached hydrogen (secondary N) is 1. The summed E-state index contributed by atoms with van der Waals surface area (Å²) in [5, 5.41) is 3.48. The largest absolute Gasteiger partial charge is 0.363 e. The number of nitrogens with two attached hydrogens (primary N) is 1. The minimum absolute atomic E-state index is 0.107. The summed E-state index contributed by atoms with van der Waals surface area (Å²) in [6.07, 6.45) is 5.55. The Balaban J connectivity index is 2.08. The van der Waals surface area contributed by atoms with E-state index >= 15 is 0 Å². The van der Waals surface area contributed by atoms with E-state index in [-0.39, 0.29) is 11.0 Å². The topological polar surface area (TPSA) is 50.9 Å². The van der Waals surface area contributed by atoms with E-state index < -0.39 is 0 Å². The van der Waals surface area contributed by atoms with Gasteiger partial charge in [0.15, 0.2) is 0 Å². The van der Waals surface area contributed by atoms with Gasteiger partial charge < -0.3 is 11.1 Å². The first-order valence-electron chi connectivity index (χ1n) is 6.40. The summed E-state index contributed by atoms with van der Waals surface area (Å²) in [4.78, 5) is 4.49. The normalized spacial score (nSPS) is 18.6. The Morgan fingerprint density at radius 3 is 2.41 bits per heavy atom. The number of rotatable bonds is 3. The average molecular weight is 233 g/mol. The molecule has 0 saturated heterocycles. The van der Waals surface area contributed by atoms with Gasteiger partial charge in [0.25, 0.3) is 0 Å². The smallest absolute Gasteiger partial charge is 0.126 e. The highest BCUT2D eigenvalue weighted by Crippen LogP contribution is 2.34. The Morgan fingerprint density at radius 2 is 2.06 bits per heavy atom. The Morgan fingerprint density at radius 1 is 1.35 bits per heavy atom. The molecule has 0 radical (unpaired) electrons. The van der Waals surface area contributed by atoms with Crippen LogP contribution in [-0.4, -0.2) is 17.1 Å². The highest BCUT2D eigenvalue weighted by Gasteiger charge is 2.35. The summed E-state index contributed by atoms with van der Waals surface area (Å²) in [5.74, 6) is 0.947. The summed E-state index contributed by atoms with van der Waals surface area (Å²) < 4.78 is 0. The quantitative estimate of drug-likeness (QED) is 0.844. The van der Waals surface area contributed by atoms with Crippen LogP contribution in [0, 0.1) is 0 Å². The van der Waals surface area contributed by atoms with E-state index in [1.807, 2.05) is 6.20 Å². The second-order valence-electron chi connectivity index (χ2n) is 6.15. The molecule has 3 heteroatoms. The van der Waals surface area contributed by atoms with E-state index in [1.165, 1.54) is 12.0 Å². The molecular weight excluding hydrogens is 210 g/mol. The number of nitrogens with zero attached hydrogens (tertiary/aromatic N) is 1. The molecular formula is C14H23N3. The zero-order valence-corrected chi connectivity index (χ0v) is 11.1. The number of aromatic nitrogens is 1. The molecule has 0 spiro atoms. The van der Waals surface area contributed by atoms with Crippen molar-refractivity contribution in [1.82, 2.24) is 4.98 Å². The molecule has 94 valence electrons. The van der Waals surface area contributed by atoms with Crippen molar-refractivity contribution in [3.8, 4) is 0 Å². The molecule has 3 nitrogen and oxygen atoms in total. The molecule has 3 N–H and O–H groups in total. The standard InChI is InChI=1S/C14H23N3/c1-13(2,3)11-5-6-12(16-9-11)17-14(10-15)7-4-8-14/h5-6,9H,4,7-8,10,15H2,1-3H3,(H,16,17). The number of hydrogen-bond donors (Lipinski definition) is 2. The monoisotopic (exact) mass is 233 g/mol. The summed E-state index contributed by atoms with van der Waals surface area (Å²) in [5.41, 5.74) is 7.36. The van der Waals surface area contributed by atoms with E-state index in [0.29, 0.717) is 6.54 Å².